The molecule has 0 fully saturated rings. The second-order valence-electron chi connectivity index (χ2n) is 6.94. The third-order valence-electron chi connectivity index (χ3n) is 4.82. The molecule has 3 rings (SSSR count). The van der Waals surface area contributed by atoms with Gasteiger partial charge in [-0.25, -0.2) is 0 Å². The van der Waals surface area contributed by atoms with Crippen LogP contribution in [0.15, 0.2) is 97.1 Å². The number of carbonyl (C=O) groups is 1. The van der Waals surface area contributed by atoms with Crippen LogP contribution in [0.1, 0.15) is 30.4 Å². The van der Waals surface area contributed by atoms with Crippen molar-refractivity contribution in [1.29, 1.82) is 0 Å². The predicted octanol–water partition coefficient (Wildman–Crippen LogP) is 5.44. The Hall–Kier alpha value is -2.61. The molecule has 0 saturated heterocycles. The summed E-state index contributed by atoms with van der Waals surface area (Å²) < 4.78 is 1.27. The fourth-order valence-electron chi connectivity index (χ4n) is 3.24. The average Bonchev–Trinajstić information content (AvgIpc) is 2.77. The van der Waals surface area contributed by atoms with E-state index in [1.165, 1.54) is 21.2 Å². The van der Waals surface area contributed by atoms with E-state index >= 15 is 0 Å². The molecule has 0 bridgehead atoms. The van der Waals surface area contributed by atoms with Crippen molar-refractivity contribution in [2.24, 2.45) is 5.92 Å². The van der Waals surface area contributed by atoms with Gasteiger partial charge in [0.25, 0.3) is 0 Å². The first-order chi connectivity index (χ1) is 14.2. The third-order valence-corrected chi connectivity index (χ3v) is 7.28. The molecule has 0 spiro atoms. The van der Waals surface area contributed by atoms with Crippen LogP contribution < -0.4 is 4.46 Å². The van der Waals surface area contributed by atoms with E-state index in [0.29, 0.717) is 0 Å². The van der Waals surface area contributed by atoms with Crippen molar-refractivity contribution >= 4 is 31.0 Å². The number of carboxylic acids is 1. The maximum atomic E-state index is 11.7. The van der Waals surface area contributed by atoms with E-state index in [4.69, 9.17) is 0 Å². The SMILES string of the molecule is O=C(O)C(CCCC=C(c1ccccc1)c1ccccc1)C[Se]c1ccccc1. The first kappa shape index (κ1) is 21.1. The zero-order chi connectivity index (χ0) is 20.3. The Bertz CT molecular complexity index is 864. The van der Waals surface area contributed by atoms with Gasteiger partial charge in [0, 0.05) is 0 Å². The summed E-state index contributed by atoms with van der Waals surface area (Å²) in [6.45, 7) is 0. The Labute approximate surface area is 179 Å². The van der Waals surface area contributed by atoms with Crippen LogP contribution in [-0.4, -0.2) is 26.0 Å². The summed E-state index contributed by atoms with van der Waals surface area (Å²) in [5.41, 5.74) is 3.60. The van der Waals surface area contributed by atoms with Gasteiger partial charge in [-0.2, -0.15) is 0 Å². The molecule has 0 saturated carbocycles. The molecule has 0 amide bonds. The molecule has 1 unspecified atom stereocenters. The topological polar surface area (TPSA) is 37.3 Å². The molecule has 3 heteroatoms. The van der Waals surface area contributed by atoms with Crippen LogP contribution in [0, 0.1) is 5.92 Å². The van der Waals surface area contributed by atoms with Crippen LogP contribution in [0.3, 0.4) is 0 Å². The number of hydrogen-bond acceptors (Lipinski definition) is 1. The average molecular weight is 449 g/mol. The Morgan fingerprint density at radius 1 is 0.828 bits per heavy atom. The van der Waals surface area contributed by atoms with Crippen LogP contribution in [0.5, 0.6) is 0 Å². The molecular weight excluding hydrogens is 423 g/mol. The van der Waals surface area contributed by atoms with Crippen molar-refractivity contribution in [1.82, 2.24) is 0 Å². The molecule has 1 N–H and O–H groups in total. The third kappa shape index (κ3) is 6.74. The van der Waals surface area contributed by atoms with Gasteiger partial charge in [-0.05, 0) is 0 Å². The summed E-state index contributed by atoms with van der Waals surface area (Å²) in [6.07, 6.45) is 4.73. The van der Waals surface area contributed by atoms with Crippen molar-refractivity contribution in [3.63, 3.8) is 0 Å². The number of hydrogen-bond donors (Lipinski definition) is 1. The first-order valence-electron chi connectivity index (χ1n) is 9.95. The minimum absolute atomic E-state index is 0.208. The van der Waals surface area contributed by atoms with Crippen molar-refractivity contribution in [2.45, 2.75) is 24.6 Å². The molecule has 0 aliphatic heterocycles. The van der Waals surface area contributed by atoms with Crippen LogP contribution in [0.25, 0.3) is 5.57 Å². The summed E-state index contributed by atoms with van der Waals surface area (Å²) >= 11 is 0.208. The summed E-state index contributed by atoms with van der Waals surface area (Å²) in [5, 5.41) is 10.4. The van der Waals surface area contributed by atoms with Crippen molar-refractivity contribution < 1.29 is 9.90 Å². The van der Waals surface area contributed by atoms with E-state index < -0.39 is 5.97 Å². The van der Waals surface area contributed by atoms with Crippen molar-refractivity contribution in [3.05, 3.63) is 108 Å². The van der Waals surface area contributed by atoms with E-state index in [1.54, 1.807) is 0 Å². The number of benzene rings is 3. The molecular formula is C26H26O2Se. The number of unbranched alkanes of at least 4 members (excludes halogenated alkanes) is 1. The molecule has 0 aromatic heterocycles. The van der Waals surface area contributed by atoms with Gasteiger partial charge >= 0.3 is 180 Å². The molecule has 3 aromatic rings. The molecule has 1 atom stereocenters. The van der Waals surface area contributed by atoms with E-state index in [0.717, 1.165) is 24.6 Å². The number of carboxylic acid groups (broad SMARTS) is 1. The fraction of sp³-hybridized carbons (Fsp3) is 0.192. The summed E-state index contributed by atoms with van der Waals surface area (Å²) in [4.78, 5) is 11.7. The Morgan fingerprint density at radius 2 is 1.34 bits per heavy atom. The molecule has 0 heterocycles. The molecule has 0 aliphatic carbocycles. The molecule has 148 valence electrons. The predicted molar refractivity (Wildman–Crippen MR) is 122 cm³/mol. The van der Waals surface area contributed by atoms with E-state index in [2.05, 4.69) is 66.7 Å². The van der Waals surface area contributed by atoms with E-state index in [-0.39, 0.29) is 20.9 Å². The summed E-state index contributed by atoms with van der Waals surface area (Å²) in [5.74, 6) is -0.932. The van der Waals surface area contributed by atoms with E-state index in [1.807, 2.05) is 30.3 Å². The molecule has 0 radical (unpaired) electrons. The number of rotatable bonds is 10. The Balaban J connectivity index is 1.61. The zero-order valence-electron chi connectivity index (χ0n) is 16.4. The van der Waals surface area contributed by atoms with Crippen LogP contribution in [0.4, 0.5) is 0 Å². The summed E-state index contributed by atoms with van der Waals surface area (Å²) in [7, 11) is 0. The van der Waals surface area contributed by atoms with Gasteiger partial charge in [-0.1, -0.05) is 0 Å². The van der Waals surface area contributed by atoms with Gasteiger partial charge in [0.15, 0.2) is 0 Å². The monoisotopic (exact) mass is 450 g/mol. The minimum atomic E-state index is -0.668. The zero-order valence-corrected chi connectivity index (χ0v) is 18.1. The molecule has 2 nitrogen and oxygen atoms in total. The molecule has 3 aromatic carbocycles. The normalized spacial score (nSPS) is 11.6. The second kappa shape index (κ2) is 11.4. The Kier molecular flexibility index (Phi) is 8.30. The first-order valence-corrected chi connectivity index (χ1v) is 12.0. The standard InChI is InChI=1S/C26H26O2Se/c27-26(28)23(20-29-24-17-8-3-9-18-24)16-10-11-19-25(21-12-4-1-5-13-21)22-14-6-2-7-15-22/h1-9,12-15,17-19,23H,10-11,16,20H2,(H,27,28). The molecule has 29 heavy (non-hydrogen) atoms. The van der Waals surface area contributed by atoms with Crippen molar-refractivity contribution in [2.75, 3.05) is 0 Å². The van der Waals surface area contributed by atoms with E-state index in [9.17, 15) is 9.90 Å². The van der Waals surface area contributed by atoms with Gasteiger partial charge in [-0.3, -0.25) is 0 Å². The van der Waals surface area contributed by atoms with Crippen molar-refractivity contribution in [3.8, 4) is 0 Å². The number of aliphatic carboxylic acids is 1. The van der Waals surface area contributed by atoms with Gasteiger partial charge in [0.05, 0.1) is 0 Å². The van der Waals surface area contributed by atoms with Gasteiger partial charge in [0.1, 0.15) is 0 Å². The quantitative estimate of drug-likeness (QED) is 0.331. The second-order valence-corrected chi connectivity index (χ2v) is 9.23. The van der Waals surface area contributed by atoms with Gasteiger partial charge in [0.2, 0.25) is 0 Å². The van der Waals surface area contributed by atoms with Crippen LogP contribution >= 0.6 is 0 Å². The van der Waals surface area contributed by atoms with Gasteiger partial charge < -0.3 is 0 Å². The maximum absolute atomic E-state index is 11.7. The number of allylic oxidation sites excluding steroid dienone is 1. The summed E-state index contributed by atoms with van der Waals surface area (Å²) in [6, 6.07) is 31.0. The molecule has 0 aliphatic rings. The van der Waals surface area contributed by atoms with Crippen LogP contribution in [0.2, 0.25) is 5.32 Å². The fourth-order valence-corrected chi connectivity index (χ4v) is 5.45. The van der Waals surface area contributed by atoms with Crippen LogP contribution in [-0.2, 0) is 4.79 Å². The van der Waals surface area contributed by atoms with Gasteiger partial charge in [-0.15, -0.1) is 0 Å². The Morgan fingerprint density at radius 3 is 1.86 bits per heavy atom.